The summed E-state index contributed by atoms with van der Waals surface area (Å²) in [6, 6.07) is 5.74. The molecule has 0 radical (unpaired) electrons. The number of nitrogens with one attached hydrogen (secondary N) is 1. The summed E-state index contributed by atoms with van der Waals surface area (Å²) in [5, 5.41) is 10.7. The predicted molar refractivity (Wildman–Crippen MR) is 76.2 cm³/mol. The Kier molecular flexibility index (Phi) is 5.69. The largest absolute Gasteiger partial charge is 0.483 e. The van der Waals surface area contributed by atoms with E-state index < -0.39 is 24.6 Å². The predicted octanol–water partition coefficient (Wildman–Crippen LogP) is 1.90. The Labute approximate surface area is 123 Å². The molecule has 0 fully saturated rings. The molecule has 1 atom stereocenters. The number of hydrogen-bond acceptors (Lipinski definition) is 3. The molecule has 1 aromatic carbocycles. The highest BCUT2D eigenvalue weighted by atomic mass is 19.1. The second-order valence-corrected chi connectivity index (χ2v) is 5.65. The molecule has 0 heterocycles. The summed E-state index contributed by atoms with van der Waals surface area (Å²) in [7, 11) is 0. The molecule has 0 aliphatic heterocycles. The molecule has 0 aromatic heterocycles. The monoisotopic (exact) mass is 297 g/mol. The van der Waals surface area contributed by atoms with Crippen LogP contribution in [-0.4, -0.2) is 36.3 Å². The number of rotatable bonds is 6. The molecule has 6 heteroatoms. The molecule has 0 aliphatic carbocycles. The number of halogens is 1. The minimum Gasteiger partial charge on any atom is -0.483 e. The van der Waals surface area contributed by atoms with E-state index in [0.717, 1.165) is 5.56 Å². The van der Waals surface area contributed by atoms with Crippen LogP contribution in [0.3, 0.4) is 0 Å². The lowest BCUT2D eigenvalue weighted by molar-refractivity contribution is -0.142. The molecule has 0 saturated heterocycles. The van der Waals surface area contributed by atoms with E-state index in [9.17, 15) is 14.0 Å². The number of carboxylic acid groups (broad SMARTS) is 1. The molecule has 21 heavy (non-hydrogen) atoms. The van der Waals surface area contributed by atoms with Crippen molar-refractivity contribution in [3.63, 3.8) is 0 Å². The number of benzene rings is 1. The van der Waals surface area contributed by atoms with Crippen LogP contribution in [0.15, 0.2) is 24.3 Å². The van der Waals surface area contributed by atoms with E-state index in [0.29, 0.717) is 5.75 Å². The Hall–Kier alpha value is -2.11. The standard InChI is InChI=1S/C15H20FNO4/c1-15(2,3)10-6-4-5-7-12(10)21-9-13(18)17-11(8-16)14(19)20/h4-7,11H,8-9H2,1-3H3,(H,17,18)(H,19,20). The maximum absolute atomic E-state index is 12.4. The number of ether oxygens (including phenoxy) is 1. The minimum atomic E-state index is -1.54. The van der Waals surface area contributed by atoms with Gasteiger partial charge in [-0.05, 0) is 17.0 Å². The van der Waals surface area contributed by atoms with E-state index in [1.165, 1.54) is 0 Å². The van der Waals surface area contributed by atoms with Crippen LogP contribution < -0.4 is 10.1 Å². The first-order valence-corrected chi connectivity index (χ1v) is 6.56. The molecule has 0 spiro atoms. The number of carbonyl (C=O) groups is 2. The van der Waals surface area contributed by atoms with Crippen molar-refractivity contribution in [2.24, 2.45) is 0 Å². The van der Waals surface area contributed by atoms with Gasteiger partial charge >= 0.3 is 5.97 Å². The van der Waals surface area contributed by atoms with E-state index >= 15 is 0 Å². The van der Waals surface area contributed by atoms with Crippen molar-refractivity contribution in [3.05, 3.63) is 29.8 Å². The summed E-state index contributed by atoms with van der Waals surface area (Å²) >= 11 is 0. The number of aliphatic carboxylic acids is 1. The van der Waals surface area contributed by atoms with Gasteiger partial charge in [-0.2, -0.15) is 0 Å². The van der Waals surface area contributed by atoms with Crippen molar-refractivity contribution in [2.75, 3.05) is 13.3 Å². The zero-order chi connectivity index (χ0) is 16.0. The van der Waals surface area contributed by atoms with Gasteiger partial charge in [0, 0.05) is 0 Å². The number of alkyl halides is 1. The third-order valence-electron chi connectivity index (χ3n) is 2.84. The summed E-state index contributed by atoms with van der Waals surface area (Å²) in [6.45, 7) is 4.51. The zero-order valence-electron chi connectivity index (χ0n) is 12.4. The van der Waals surface area contributed by atoms with Crippen LogP contribution in [0.1, 0.15) is 26.3 Å². The molecular weight excluding hydrogens is 277 g/mol. The van der Waals surface area contributed by atoms with Crippen molar-refractivity contribution in [1.82, 2.24) is 5.32 Å². The van der Waals surface area contributed by atoms with Gasteiger partial charge in [0.15, 0.2) is 12.6 Å². The van der Waals surface area contributed by atoms with Crippen LogP contribution in [0.25, 0.3) is 0 Å². The molecule has 2 N–H and O–H groups in total. The van der Waals surface area contributed by atoms with Gasteiger partial charge in [0.1, 0.15) is 12.4 Å². The van der Waals surface area contributed by atoms with Crippen LogP contribution in [0.2, 0.25) is 0 Å². The van der Waals surface area contributed by atoms with Crippen LogP contribution in [0.5, 0.6) is 5.75 Å². The fourth-order valence-electron chi connectivity index (χ4n) is 1.76. The van der Waals surface area contributed by atoms with Gasteiger partial charge in [-0.15, -0.1) is 0 Å². The van der Waals surface area contributed by atoms with Gasteiger partial charge in [0.25, 0.3) is 5.91 Å². The summed E-state index contributed by atoms with van der Waals surface area (Å²) in [6.07, 6.45) is 0. The number of hydrogen-bond donors (Lipinski definition) is 2. The first-order valence-electron chi connectivity index (χ1n) is 6.56. The van der Waals surface area contributed by atoms with E-state index in [-0.39, 0.29) is 12.0 Å². The van der Waals surface area contributed by atoms with Crippen molar-refractivity contribution in [3.8, 4) is 5.75 Å². The number of para-hydroxylation sites is 1. The summed E-state index contributed by atoms with van der Waals surface area (Å²) < 4.78 is 17.8. The topological polar surface area (TPSA) is 75.6 Å². The van der Waals surface area contributed by atoms with Gasteiger partial charge < -0.3 is 15.2 Å². The third-order valence-corrected chi connectivity index (χ3v) is 2.84. The van der Waals surface area contributed by atoms with E-state index in [1.807, 2.05) is 32.9 Å². The summed E-state index contributed by atoms with van der Waals surface area (Å²) in [5.74, 6) is -1.54. The lowest BCUT2D eigenvalue weighted by Crippen LogP contribution is -2.44. The van der Waals surface area contributed by atoms with Gasteiger partial charge in [0.05, 0.1) is 0 Å². The number of carboxylic acids is 1. The second-order valence-electron chi connectivity index (χ2n) is 5.65. The van der Waals surface area contributed by atoms with E-state index in [4.69, 9.17) is 9.84 Å². The molecule has 116 valence electrons. The average Bonchev–Trinajstić information content (AvgIpc) is 2.41. The number of amides is 1. The normalized spacial score (nSPS) is 12.6. The van der Waals surface area contributed by atoms with Gasteiger partial charge in [-0.1, -0.05) is 39.0 Å². The van der Waals surface area contributed by atoms with Crippen molar-refractivity contribution >= 4 is 11.9 Å². The maximum Gasteiger partial charge on any atom is 0.328 e. The van der Waals surface area contributed by atoms with Crippen LogP contribution >= 0.6 is 0 Å². The van der Waals surface area contributed by atoms with E-state index in [2.05, 4.69) is 5.32 Å². The molecule has 1 unspecified atom stereocenters. The molecule has 0 bridgehead atoms. The molecule has 0 aliphatic rings. The minimum absolute atomic E-state index is 0.157. The van der Waals surface area contributed by atoms with Gasteiger partial charge in [-0.25, -0.2) is 9.18 Å². The highest BCUT2D eigenvalue weighted by Crippen LogP contribution is 2.30. The van der Waals surface area contributed by atoms with Crippen LogP contribution in [0, 0.1) is 0 Å². The van der Waals surface area contributed by atoms with Crippen molar-refractivity contribution < 1.29 is 23.8 Å². The first kappa shape index (κ1) is 16.9. The van der Waals surface area contributed by atoms with Crippen molar-refractivity contribution in [2.45, 2.75) is 32.2 Å². The third kappa shape index (κ3) is 5.06. The maximum atomic E-state index is 12.4. The van der Waals surface area contributed by atoms with E-state index in [1.54, 1.807) is 12.1 Å². The Morgan fingerprint density at radius 3 is 2.48 bits per heavy atom. The van der Waals surface area contributed by atoms with Gasteiger partial charge in [0.2, 0.25) is 0 Å². The molecule has 5 nitrogen and oxygen atoms in total. The second kappa shape index (κ2) is 7.06. The Bertz CT molecular complexity index is 511. The van der Waals surface area contributed by atoms with Crippen LogP contribution in [0.4, 0.5) is 4.39 Å². The molecule has 1 rings (SSSR count). The van der Waals surface area contributed by atoms with Crippen molar-refractivity contribution in [1.29, 1.82) is 0 Å². The average molecular weight is 297 g/mol. The first-order chi connectivity index (χ1) is 9.75. The zero-order valence-corrected chi connectivity index (χ0v) is 12.4. The fraction of sp³-hybridized carbons (Fsp3) is 0.467. The van der Waals surface area contributed by atoms with Gasteiger partial charge in [-0.3, -0.25) is 4.79 Å². The fourth-order valence-corrected chi connectivity index (χ4v) is 1.76. The molecule has 0 saturated carbocycles. The summed E-state index contributed by atoms with van der Waals surface area (Å²) in [5.41, 5.74) is 0.772. The Morgan fingerprint density at radius 2 is 1.95 bits per heavy atom. The molecular formula is C15H20FNO4. The lowest BCUT2D eigenvalue weighted by atomic mass is 9.86. The number of carbonyl (C=O) groups excluding carboxylic acids is 1. The highest BCUT2D eigenvalue weighted by molar-refractivity contribution is 5.84. The van der Waals surface area contributed by atoms with Crippen LogP contribution in [-0.2, 0) is 15.0 Å². The SMILES string of the molecule is CC(C)(C)c1ccccc1OCC(=O)NC(CF)C(=O)O. The highest BCUT2D eigenvalue weighted by Gasteiger charge is 2.21. The molecule has 1 aromatic rings. The smallest absolute Gasteiger partial charge is 0.328 e. The Balaban J connectivity index is 2.68. The quantitative estimate of drug-likeness (QED) is 0.841. The lowest BCUT2D eigenvalue weighted by Gasteiger charge is -2.22. The molecule has 1 amide bonds. The summed E-state index contributed by atoms with van der Waals surface area (Å²) in [4.78, 5) is 22.2. The Morgan fingerprint density at radius 1 is 1.33 bits per heavy atom.